The summed E-state index contributed by atoms with van der Waals surface area (Å²) >= 11 is 0. The van der Waals surface area contributed by atoms with Gasteiger partial charge < -0.3 is 10.2 Å². The maximum absolute atomic E-state index is 12.1. The highest BCUT2D eigenvalue weighted by molar-refractivity contribution is 5.70. The standard InChI is InChI=1S/C24H42O5/c1-16-8-9-19-21(3,4)11-7-12-23(19,6)24(16,27)15-14-22(5)13-10-18(28-29-22)17(2)20(25)26/h16-19,27H,7-15H2,1-6H3,(H,25,26)/t16-,17+,18+,19+,22+,23+,24-/m1/s1. The highest BCUT2D eigenvalue weighted by Crippen LogP contribution is 2.64. The van der Waals surface area contributed by atoms with Gasteiger partial charge >= 0.3 is 5.97 Å². The SMILES string of the molecule is C[C@H](C(=O)O)[C@@H]1CC[C@@](C)(CC[C@@]2(O)[C@H](C)CC[C@H]3C(C)(C)CCC[C@@]32C)OO1. The van der Waals surface area contributed by atoms with Gasteiger partial charge in [-0.05, 0) is 87.9 Å². The molecule has 5 nitrogen and oxygen atoms in total. The van der Waals surface area contributed by atoms with Crippen molar-refractivity contribution in [2.24, 2.45) is 28.6 Å². The highest BCUT2D eigenvalue weighted by atomic mass is 17.2. The van der Waals surface area contributed by atoms with E-state index >= 15 is 0 Å². The lowest BCUT2D eigenvalue weighted by atomic mass is 9.44. The highest BCUT2D eigenvalue weighted by Gasteiger charge is 2.61. The van der Waals surface area contributed by atoms with E-state index in [1.807, 2.05) is 6.92 Å². The molecule has 1 heterocycles. The second-order valence-corrected chi connectivity index (χ2v) is 11.5. The number of aliphatic hydroxyl groups is 1. The second-order valence-electron chi connectivity index (χ2n) is 11.5. The smallest absolute Gasteiger partial charge is 0.308 e. The Bertz CT molecular complexity index is 608. The molecular formula is C24H42O5. The van der Waals surface area contributed by atoms with Gasteiger partial charge in [0.2, 0.25) is 0 Å². The first-order chi connectivity index (χ1) is 13.3. The Morgan fingerprint density at radius 2 is 1.76 bits per heavy atom. The van der Waals surface area contributed by atoms with E-state index in [0.29, 0.717) is 18.8 Å². The van der Waals surface area contributed by atoms with Crippen LogP contribution in [0.2, 0.25) is 0 Å². The molecule has 0 aromatic rings. The molecule has 0 spiro atoms. The lowest BCUT2D eigenvalue weighted by Gasteiger charge is -2.63. The average molecular weight is 411 g/mol. The molecule has 7 atom stereocenters. The Balaban J connectivity index is 1.71. The summed E-state index contributed by atoms with van der Waals surface area (Å²) in [5.74, 6) is -0.620. The molecule has 0 aromatic carbocycles. The van der Waals surface area contributed by atoms with Crippen LogP contribution in [0.5, 0.6) is 0 Å². The zero-order valence-electron chi connectivity index (χ0n) is 19.3. The van der Waals surface area contributed by atoms with Crippen molar-refractivity contribution in [3.63, 3.8) is 0 Å². The maximum Gasteiger partial charge on any atom is 0.308 e. The van der Waals surface area contributed by atoms with E-state index in [2.05, 4.69) is 27.7 Å². The predicted molar refractivity (Wildman–Crippen MR) is 112 cm³/mol. The lowest BCUT2D eigenvalue weighted by molar-refractivity contribution is -0.412. The van der Waals surface area contributed by atoms with Gasteiger partial charge in [0.25, 0.3) is 0 Å². The van der Waals surface area contributed by atoms with Crippen LogP contribution in [0.1, 0.15) is 99.3 Å². The minimum absolute atomic E-state index is 0.0708. The van der Waals surface area contributed by atoms with Crippen LogP contribution in [0.3, 0.4) is 0 Å². The Labute approximate surface area is 176 Å². The van der Waals surface area contributed by atoms with Crippen LogP contribution in [0.15, 0.2) is 0 Å². The number of carboxylic acid groups (broad SMARTS) is 1. The van der Waals surface area contributed by atoms with Crippen molar-refractivity contribution in [3.05, 3.63) is 0 Å². The van der Waals surface area contributed by atoms with Crippen LogP contribution in [0.25, 0.3) is 0 Å². The van der Waals surface area contributed by atoms with E-state index in [4.69, 9.17) is 9.78 Å². The molecule has 1 aliphatic heterocycles. The Hall–Kier alpha value is -0.650. The van der Waals surface area contributed by atoms with Crippen molar-refractivity contribution < 1.29 is 24.8 Å². The van der Waals surface area contributed by atoms with Crippen LogP contribution in [0.4, 0.5) is 0 Å². The van der Waals surface area contributed by atoms with Gasteiger partial charge in [-0.1, -0.05) is 34.1 Å². The molecule has 0 unspecified atom stereocenters. The van der Waals surface area contributed by atoms with E-state index < -0.39 is 29.2 Å². The number of carboxylic acids is 1. The van der Waals surface area contributed by atoms with Crippen LogP contribution >= 0.6 is 0 Å². The molecule has 2 aliphatic carbocycles. The summed E-state index contributed by atoms with van der Waals surface area (Å²) in [5, 5.41) is 21.3. The first-order valence-electron chi connectivity index (χ1n) is 11.6. The van der Waals surface area contributed by atoms with Crippen molar-refractivity contribution in [1.82, 2.24) is 0 Å². The molecule has 0 bridgehead atoms. The van der Waals surface area contributed by atoms with Gasteiger partial charge in [-0.3, -0.25) is 4.79 Å². The van der Waals surface area contributed by atoms with E-state index in [-0.39, 0.29) is 16.7 Å². The van der Waals surface area contributed by atoms with Crippen molar-refractivity contribution in [2.45, 2.75) is 117 Å². The molecule has 2 N–H and O–H groups in total. The molecule has 3 rings (SSSR count). The summed E-state index contributed by atoms with van der Waals surface area (Å²) < 4.78 is 0. The molecule has 0 aromatic heterocycles. The fraction of sp³-hybridized carbons (Fsp3) is 0.958. The Morgan fingerprint density at radius 3 is 2.34 bits per heavy atom. The minimum atomic E-state index is -0.855. The van der Waals surface area contributed by atoms with Gasteiger partial charge in [-0.15, -0.1) is 0 Å². The molecular weight excluding hydrogens is 368 g/mol. The van der Waals surface area contributed by atoms with Crippen molar-refractivity contribution in [3.8, 4) is 0 Å². The Kier molecular flexibility index (Phi) is 6.19. The fourth-order valence-corrected chi connectivity index (χ4v) is 6.93. The van der Waals surface area contributed by atoms with E-state index in [1.165, 1.54) is 19.3 Å². The van der Waals surface area contributed by atoms with Crippen LogP contribution in [0, 0.1) is 28.6 Å². The fourth-order valence-electron chi connectivity index (χ4n) is 6.93. The summed E-state index contributed by atoms with van der Waals surface area (Å²) in [4.78, 5) is 22.5. The first-order valence-corrected chi connectivity index (χ1v) is 11.6. The van der Waals surface area contributed by atoms with Gasteiger partial charge in [0.15, 0.2) is 0 Å². The topological polar surface area (TPSA) is 76.0 Å². The summed E-state index contributed by atoms with van der Waals surface area (Å²) in [6, 6.07) is 0. The molecule has 3 fully saturated rings. The zero-order chi connectivity index (χ0) is 21.7. The van der Waals surface area contributed by atoms with Gasteiger partial charge in [0, 0.05) is 0 Å². The normalized spacial score (nSPS) is 46.0. The number of aliphatic carboxylic acids is 1. The monoisotopic (exact) mass is 410 g/mol. The number of hydrogen-bond acceptors (Lipinski definition) is 4. The Morgan fingerprint density at radius 1 is 1.07 bits per heavy atom. The van der Waals surface area contributed by atoms with E-state index in [0.717, 1.165) is 25.7 Å². The zero-order valence-corrected chi connectivity index (χ0v) is 19.3. The van der Waals surface area contributed by atoms with Crippen LogP contribution < -0.4 is 0 Å². The molecule has 29 heavy (non-hydrogen) atoms. The molecule has 0 radical (unpaired) electrons. The summed E-state index contributed by atoms with van der Waals surface area (Å²) in [5.41, 5.74) is -0.975. The molecule has 2 saturated carbocycles. The van der Waals surface area contributed by atoms with Crippen LogP contribution in [-0.4, -0.2) is 33.5 Å². The predicted octanol–water partition coefficient (Wildman–Crippen LogP) is 5.35. The average Bonchev–Trinajstić information content (AvgIpc) is 2.64. The van der Waals surface area contributed by atoms with Gasteiger partial charge in [0.05, 0.1) is 11.5 Å². The largest absolute Gasteiger partial charge is 0.481 e. The number of carbonyl (C=O) groups is 1. The molecule has 1 saturated heterocycles. The van der Waals surface area contributed by atoms with E-state index in [1.54, 1.807) is 6.92 Å². The third-order valence-electron chi connectivity index (χ3n) is 9.24. The number of fused-ring (bicyclic) bond motifs is 1. The number of rotatable bonds is 5. The van der Waals surface area contributed by atoms with Gasteiger partial charge in [-0.25, -0.2) is 9.78 Å². The van der Waals surface area contributed by atoms with Crippen molar-refractivity contribution in [2.75, 3.05) is 0 Å². The molecule has 5 heteroatoms. The van der Waals surface area contributed by atoms with Gasteiger partial charge in [0.1, 0.15) is 11.7 Å². The molecule has 3 aliphatic rings. The molecule has 168 valence electrons. The minimum Gasteiger partial charge on any atom is -0.481 e. The summed E-state index contributed by atoms with van der Waals surface area (Å²) in [7, 11) is 0. The second kappa shape index (κ2) is 7.80. The molecule has 0 amide bonds. The van der Waals surface area contributed by atoms with Gasteiger partial charge in [-0.2, -0.15) is 0 Å². The van der Waals surface area contributed by atoms with Crippen molar-refractivity contribution in [1.29, 1.82) is 0 Å². The maximum atomic E-state index is 12.1. The number of hydrogen-bond donors (Lipinski definition) is 2. The summed E-state index contributed by atoms with van der Waals surface area (Å²) in [6.45, 7) is 13.0. The lowest BCUT2D eigenvalue weighted by Crippen LogP contribution is -2.62. The van der Waals surface area contributed by atoms with Crippen molar-refractivity contribution >= 4 is 5.97 Å². The quantitative estimate of drug-likeness (QED) is 0.598. The first kappa shape index (κ1) is 23.0. The third kappa shape index (κ3) is 3.99. The summed E-state index contributed by atoms with van der Waals surface area (Å²) in [6.07, 6.45) is 8.26. The third-order valence-corrected chi connectivity index (χ3v) is 9.24. The van der Waals surface area contributed by atoms with E-state index in [9.17, 15) is 15.0 Å². The van der Waals surface area contributed by atoms with Crippen LogP contribution in [-0.2, 0) is 14.6 Å².